The number of nitrogens with two attached hydrogens (primary N) is 1. The Hall–Kier alpha value is -2.09. The SMILES string of the molecule is Cc1ncc(N)cc1C(=O)OCC1(CC#N)CC1. The van der Waals surface area contributed by atoms with Crippen LogP contribution in [-0.4, -0.2) is 17.6 Å². The van der Waals surface area contributed by atoms with E-state index < -0.39 is 5.97 Å². The Morgan fingerprint density at radius 1 is 1.67 bits per heavy atom. The molecule has 1 aromatic heterocycles. The molecule has 94 valence electrons. The van der Waals surface area contributed by atoms with Gasteiger partial charge in [-0.2, -0.15) is 5.26 Å². The highest BCUT2D eigenvalue weighted by atomic mass is 16.5. The number of nitrogens with zero attached hydrogens (tertiary/aromatic N) is 2. The second-order valence-electron chi connectivity index (χ2n) is 4.81. The first-order chi connectivity index (χ1) is 8.56. The Balaban J connectivity index is 2.00. The molecule has 1 heterocycles. The van der Waals surface area contributed by atoms with E-state index in [2.05, 4.69) is 11.1 Å². The van der Waals surface area contributed by atoms with E-state index >= 15 is 0 Å². The number of nitriles is 1. The van der Waals surface area contributed by atoms with Crippen LogP contribution in [0.4, 0.5) is 5.69 Å². The third-order valence-corrected chi connectivity index (χ3v) is 3.25. The Morgan fingerprint density at radius 2 is 2.39 bits per heavy atom. The van der Waals surface area contributed by atoms with Crippen molar-refractivity contribution in [2.45, 2.75) is 26.2 Å². The first kappa shape index (κ1) is 12.4. The Morgan fingerprint density at radius 3 is 3.00 bits per heavy atom. The summed E-state index contributed by atoms with van der Waals surface area (Å²) in [5, 5.41) is 8.69. The summed E-state index contributed by atoms with van der Waals surface area (Å²) in [6.45, 7) is 2.03. The highest BCUT2D eigenvalue weighted by Crippen LogP contribution is 2.48. The van der Waals surface area contributed by atoms with E-state index in [1.165, 1.54) is 6.20 Å². The van der Waals surface area contributed by atoms with Crippen molar-refractivity contribution < 1.29 is 9.53 Å². The predicted octanol–water partition coefficient (Wildman–Crippen LogP) is 1.82. The minimum absolute atomic E-state index is 0.105. The quantitative estimate of drug-likeness (QED) is 0.817. The number of hydrogen-bond donors (Lipinski definition) is 1. The van der Waals surface area contributed by atoms with E-state index in [0.717, 1.165) is 12.8 Å². The van der Waals surface area contributed by atoms with E-state index in [1.807, 2.05) is 0 Å². The molecule has 1 aliphatic carbocycles. The Bertz CT molecular complexity index is 515. The largest absolute Gasteiger partial charge is 0.461 e. The number of esters is 1. The molecule has 1 aliphatic rings. The van der Waals surface area contributed by atoms with E-state index in [4.69, 9.17) is 15.7 Å². The van der Waals surface area contributed by atoms with Crippen LogP contribution in [0.2, 0.25) is 0 Å². The van der Waals surface area contributed by atoms with Gasteiger partial charge < -0.3 is 10.5 Å². The fourth-order valence-corrected chi connectivity index (χ4v) is 1.77. The molecule has 0 amide bonds. The minimum atomic E-state index is -0.420. The first-order valence-electron chi connectivity index (χ1n) is 5.82. The van der Waals surface area contributed by atoms with Crippen molar-refractivity contribution in [3.8, 4) is 6.07 Å². The summed E-state index contributed by atoms with van der Waals surface area (Å²) in [5.74, 6) is -0.420. The molecule has 2 N–H and O–H groups in total. The second kappa shape index (κ2) is 4.65. The van der Waals surface area contributed by atoms with Crippen molar-refractivity contribution >= 4 is 11.7 Å². The highest BCUT2D eigenvalue weighted by Gasteiger charge is 2.43. The smallest absolute Gasteiger partial charge is 0.340 e. The number of pyridine rings is 1. The van der Waals surface area contributed by atoms with Gasteiger partial charge in [-0.15, -0.1) is 0 Å². The molecule has 0 unspecified atom stereocenters. The lowest BCUT2D eigenvalue weighted by Crippen LogP contribution is -2.16. The normalized spacial score (nSPS) is 15.8. The molecular formula is C13H15N3O2. The topological polar surface area (TPSA) is 89.0 Å². The first-order valence-corrected chi connectivity index (χ1v) is 5.82. The fraction of sp³-hybridized carbons (Fsp3) is 0.462. The number of hydrogen-bond acceptors (Lipinski definition) is 5. The molecule has 0 atom stereocenters. The van der Waals surface area contributed by atoms with Crippen LogP contribution >= 0.6 is 0 Å². The third kappa shape index (κ3) is 2.59. The summed E-state index contributed by atoms with van der Waals surface area (Å²) >= 11 is 0. The number of carbonyl (C=O) groups excluding carboxylic acids is 1. The van der Waals surface area contributed by atoms with Gasteiger partial charge in [0.05, 0.1) is 35.8 Å². The van der Waals surface area contributed by atoms with Gasteiger partial charge in [-0.05, 0) is 25.8 Å². The standard InChI is InChI=1S/C13H15N3O2/c1-9-11(6-10(15)7-16-9)12(17)18-8-13(2-3-13)4-5-14/h6-7H,2-4,8,15H2,1H3. The van der Waals surface area contributed by atoms with Crippen LogP contribution in [-0.2, 0) is 4.74 Å². The zero-order chi connectivity index (χ0) is 13.2. The number of aromatic nitrogens is 1. The molecule has 0 spiro atoms. The maximum absolute atomic E-state index is 11.9. The average Bonchev–Trinajstić information content (AvgIpc) is 3.10. The minimum Gasteiger partial charge on any atom is -0.461 e. The zero-order valence-electron chi connectivity index (χ0n) is 10.3. The summed E-state index contributed by atoms with van der Waals surface area (Å²) in [4.78, 5) is 15.9. The number of anilines is 1. The van der Waals surface area contributed by atoms with Crippen LogP contribution in [0.25, 0.3) is 0 Å². The van der Waals surface area contributed by atoms with Gasteiger partial charge in [0.25, 0.3) is 0 Å². The summed E-state index contributed by atoms with van der Waals surface area (Å²) in [6, 6.07) is 3.69. The van der Waals surface area contributed by atoms with Crippen molar-refractivity contribution in [1.29, 1.82) is 5.26 Å². The Kier molecular flexibility index (Phi) is 3.19. The molecule has 5 nitrogen and oxygen atoms in total. The highest BCUT2D eigenvalue weighted by molar-refractivity contribution is 5.91. The molecule has 0 aromatic carbocycles. The molecule has 5 heteroatoms. The lowest BCUT2D eigenvalue weighted by atomic mass is 10.1. The van der Waals surface area contributed by atoms with Crippen molar-refractivity contribution in [3.63, 3.8) is 0 Å². The van der Waals surface area contributed by atoms with Gasteiger partial charge in [-0.1, -0.05) is 0 Å². The summed E-state index contributed by atoms with van der Waals surface area (Å²) in [6.07, 6.45) is 3.84. The number of rotatable bonds is 4. The van der Waals surface area contributed by atoms with Gasteiger partial charge in [0.2, 0.25) is 0 Å². The third-order valence-electron chi connectivity index (χ3n) is 3.25. The van der Waals surface area contributed by atoms with Crippen LogP contribution < -0.4 is 5.73 Å². The molecule has 0 radical (unpaired) electrons. The molecule has 1 saturated carbocycles. The number of ether oxygens (including phenoxy) is 1. The number of nitrogen functional groups attached to an aromatic ring is 1. The molecule has 1 aromatic rings. The molecule has 18 heavy (non-hydrogen) atoms. The summed E-state index contributed by atoms with van der Waals surface area (Å²) in [5.41, 5.74) is 6.91. The van der Waals surface area contributed by atoms with Gasteiger partial charge >= 0.3 is 5.97 Å². The van der Waals surface area contributed by atoms with Crippen molar-refractivity contribution in [2.24, 2.45) is 5.41 Å². The molecule has 0 saturated heterocycles. The van der Waals surface area contributed by atoms with Crippen LogP contribution in [0.1, 0.15) is 35.3 Å². The van der Waals surface area contributed by atoms with Gasteiger partial charge in [-0.3, -0.25) is 4.98 Å². The van der Waals surface area contributed by atoms with Gasteiger partial charge in [-0.25, -0.2) is 4.79 Å². The summed E-state index contributed by atoms with van der Waals surface area (Å²) < 4.78 is 5.26. The zero-order valence-corrected chi connectivity index (χ0v) is 10.3. The van der Waals surface area contributed by atoms with E-state index in [9.17, 15) is 4.79 Å². The lowest BCUT2D eigenvalue weighted by molar-refractivity contribution is 0.0418. The molecule has 0 bridgehead atoms. The van der Waals surface area contributed by atoms with Crippen LogP contribution in [0, 0.1) is 23.7 Å². The van der Waals surface area contributed by atoms with Crippen molar-refractivity contribution in [2.75, 3.05) is 12.3 Å². The Labute approximate surface area is 106 Å². The number of carbonyl (C=O) groups is 1. The van der Waals surface area contributed by atoms with E-state index in [-0.39, 0.29) is 5.41 Å². The van der Waals surface area contributed by atoms with Gasteiger partial charge in [0.15, 0.2) is 0 Å². The maximum Gasteiger partial charge on any atom is 0.340 e. The predicted molar refractivity (Wildman–Crippen MR) is 65.6 cm³/mol. The molecular weight excluding hydrogens is 230 g/mol. The second-order valence-corrected chi connectivity index (χ2v) is 4.81. The van der Waals surface area contributed by atoms with Crippen LogP contribution in [0.3, 0.4) is 0 Å². The van der Waals surface area contributed by atoms with Crippen LogP contribution in [0.15, 0.2) is 12.3 Å². The molecule has 0 aliphatic heterocycles. The van der Waals surface area contributed by atoms with Crippen molar-refractivity contribution in [3.05, 3.63) is 23.5 Å². The van der Waals surface area contributed by atoms with Crippen LogP contribution in [0.5, 0.6) is 0 Å². The monoisotopic (exact) mass is 245 g/mol. The van der Waals surface area contributed by atoms with E-state index in [0.29, 0.717) is 30.0 Å². The lowest BCUT2D eigenvalue weighted by Gasteiger charge is -2.12. The van der Waals surface area contributed by atoms with E-state index in [1.54, 1.807) is 13.0 Å². The summed E-state index contributed by atoms with van der Waals surface area (Å²) in [7, 11) is 0. The fourth-order valence-electron chi connectivity index (χ4n) is 1.77. The molecule has 2 rings (SSSR count). The van der Waals surface area contributed by atoms with Gasteiger partial charge in [0.1, 0.15) is 0 Å². The number of aryl methyl sites for hydroxylation is 1. The maximum atomic E-state index is 11.9. The van der Waals surface area contributed by atoms with Crippen molar-refractivity contribution in [1.82, 2.24) is 4.98 Å². The molecule has 1 fully saturated rings. The van der Waals surface area contributed by atoms with Gasteiger partial charge in [0, 0.05) is 11.8 Å². The average molecular weight is 245 g/mol.